The molecule has 3 nitrogen and oxygen atoms in total. The maximum Gasteiger partial charge on any atom is 0.0605 e. The van der Waals surface area contributed by atoms with Crippen molar-refractivity contribution in [1.82, 2.24) is 10.3 Å². The predicted molar refractivity (Wildman–Crippen MR) is 72.4 cm³/mol. The Morgan fingerprint density at radius 2 is 2.24 bits per heavy atom. The second kappa shape index (κ2) is 5.05. The van der Waals surface area contributed by atoms with Crippen molar-refractivity contribution in [3.8, 4) is 0 Å². The van der Waals surface area contributed by atoms with Crippen LogP contribution in [0.5, 0.6) is 0 Å². The molecular weight excluding hydrogens is 210 g/mol. The zero-order valence-corrected chi connectivity index (χ0v) is 11.3. The molecule has 0 saturated carbocycles. The van der Waals surface area contributed by atoms with Gasteiger partial charge in [-0.1, -0.05) is 13.8 Å². The third-order valence-electron chi connectivity index (χ3n) is 3.60. The maximum absolute atomic E-state index is 4.41. The lowest BCUT2D eigenvalue weighted by molar-refractivity contribution is 0.348. The summed E-state index contributed by atoms with van der Waals surface area (Å²) in [6.45, 7) is 11.1. The number of anilines is 1. The van der Waals surface area contributed by atoms with Crippen LogP contribution in [-0.4, -0.2) is 30.2 Å². The molecule has 0 radical (unpaired) electrons. The molecule has 1 saturated heterocycles. The number of nitrogens with zero attached hydrogens (tertiary/aromatic N) is 2. The molecule has 17 heavy (non-hydrogen) atoms. The van der Waals surface area contributed by atoms with Gasteiger partial charge < -0.3 is 10.2 Å². The first-order valence-electron chi connectivity index (χ1n) is 6.51. The van der Waals surface area contributed by atoms with Crippen molar-refractivity contribution in [3.05, 3.63) is 24.0 Å². The molecule has 2 rings (SSSR count). The molecule has 1 fully saturated rings. The van der Waals surface area contributed by atoms with E-state index in [0.29, 0.717) is 18.0 Å². The van der Waals surface area contributed by atoms with Gasteiger partial charge in [-0.25, -0.2) is 0 Å². The molecule has 1 aromatic heterocycles. The van der Waals surface area contributed by atoms with Gasteiger partial charge >= 0.3 is 0 Å². The smallest absolute Gasteiger partial charge is 0.0605 e. The highest BCUT2D eigenvalue weighted by atomic mass is 15.2. The minimum Gasteiger partial charge on any atom is -0.364 e. The summed E-state index contributed by atoms with van der Waals surface area (Å²) in [4.78, 5) is 6.93. The van der Waals surface area contributed by atoms with E-state index in [9.17, 15) is 0 Å². The van der Waals surface area contributed by atoms with Crippen molar-refractivity contribution < 1.29 is 0 Å². The zero-order chi connectivity index (χ0) is 12.4. The number of aryl methyl sites for hydroxylation is 1. The molecule has 1 aliphatic rings. The Labute approximate surface area is 104 Å². The Morgan fingerprint density at radius 1 is 1.47 bits per heavy atom. The van der Waals surface area contributed by atoms with Crippen LogP contribution in [0, 0.1) is 12.8 Å². The predicted octanol–water partition coefficient (Wildman–Crippen LogP) is 2.21. The fourth-order valence-corrected chi connectivity index (χ4v) is 2.58. The third-order valence-corrected chi connectivity index (χ3v) is 3.60. The van der Waals surface area contributed by atoms with Gasteiger partial charge in [-0.05, 0) is 31.9 Å². The molecule has 94 valence electrons. The van der Waals surface area contributed by atoms with Crippen LogP contribution in [0.1, 0.15) is 26.5 Å². The van der Waals surface area contributed by atoms with Gasteiger partial charge in [0.25, 0.3) is 0 Å². The van der Waals surface area contributed by atoms with E-state index in [4.69, 9.17) is 0 Å². The fraction of sp³-hybridized carbons (Fsp3) is 0.643. The Bertz CT molecular complexity index is 375. The van der Waals surface area contributed by atoms with E-state index in [2.05, 4.69) is 49.0 Å². The van der Waals surface area contributed by atoms with Crippen LogP contribution in [-0.2, 0) is 0 Å². The Balaban J connectivity index is 2.29. The quantitative estimate of drug-likeness (QED) is 0.849. The molecule has 1 aliphatic heterocycles. The van der Waals surface area contributed by atoms with E-state index in [1.54, 1.807) is 0 Å². The summed E-state index contributed by atoms with van der Waals surface area (Å²) in [7, 11) is 0. The van der Waals surface area contributed by atoms with Crippen LogP contribution < -0.4 is 10.2 Å². The first kappa shape index (κ1) is 12.4. The number of pyridine rings is 1. The van der Waals surface area contributed by atoms with Gasteiger partial charge in [-0.15, -0.1) is 0 Å². The summed E-state index contributed by atoms with van der Waals surface area (Å²) in [5.74, 6) is 0.648. The van der Waals surface area contributed by atoms with Crippen molar-refractivity contribution in [3.63, 3.8) is 0 Å². The SMILES string of the molecule is Cc1ncccc1N1CC(C)NCC1C(C)C. The van der Waals surface area contributed by atoms with Crippen LogP contribution in [0.2, 0.25) is 0 Å². The lowest BCUT2D eigenvalue weighted by Crippen LogP contribution is -2.57. The van der Waals surface area contributed by atoms with Gasteiger partial charge in [0, 0.05) is 31.4 Å². The molecule has 0 bridgehead atoms. The molecule has 0 amide bonds. The number of nitrogens with one attached hydrogen (secondary N) is 1. The van der Waals surface area contributed by atoms with E-state index in [1.165, 1.54) is 5.69 Å². The second-order valence-electron chi connectivity index (χ2n) is 5.38. The molecule has 0 aliphatic carbocycles. The van der Waals surface area contributed by atoms with Crippen molar-refractivity contribution in [2.75, 3.05) is 18.0 Å². The third kappa shape index (κ3) is 2.60. The monoisotopic (exact) mass is 233 g/mol. The lowest BCUT2D eigenvalue weighted by atomic mass is 9.98. The molecule has 1 N–H and O–H groups in total. The number of piperazine rings is 1. The zero-order valence-electron chi connectivity index (χ0n) is 11.3. The van der Waals surface area contributed by atoms with Gasteiger partial charge in [0.05, 0.1) is 11.4 Å². The average Bonchev–Trinajstić information content (AvgIpc) is 2.29. The molecule has 1 aromatic rings. The van der Waals surface area contributed by atoms with Crippen LogP contribution in [0.15, 0.2) is 18.3 Å². The van der Waals surface area contributed by atoms with Crippen LogP contribution >= 0.6 is 0 Å². The summed E-state index contributed by atoms with van der Waals surface area (Å²) in [6.07, 6.45) is 1.87. The van der Waals surface area contributed by atoms with Crippen LogP contribution in [0.25, 0.3) is 0 Å². The van der Waals surface area contributed by atoms with Crippen molar-refractivity contribution >= 4 is 5.69 Å². The van der Waals surface area contributed by atoms with Crippen LogP contribution in [0.4, 0.5) is 5.69 Å². The number of hydrogen-bond acceptors (Lipinski definition) is 3. The standard InChI is InChI=1S/C14H23N3/c1-10(2)14-8-16-11(3)9-17(14)13-6-5-7-15-12(13)4/h5-7,10-11,14,16H,8-9H2,1-4H3. The average molecular weight is 233 g/mol. The maximum atomic E-state index is 4.41. The summed E-state index contributed by atoms with van der Waals surface area (Å²) >= 11 is 0. The Morgan fingerprint density at radius 3 is 2.88 bits per heavy atom. The number of rotatable bonds is 2. The van der Waals surface area contributed by atoms with Gasteiger partial charge in [-0.3, -0.25) is 4.98 Å². The van der Waals surface area contributed by atoms with Crippen molar-refractivity contribution in [1.29, 1.82) is 0 Å². The van der Waals surface area contributed by atoms with Crippen LogP contribution in [0.3, 0.4) is 0 Å². The number of hydrogen-bond donors (Lipinski definition) is 1. The Kier molecular flexibility index (Phi) is 3.67. The first-order chi connectivity index (χ1) is 8.09. The van der Waals surface area contributed by atoms with Gasteiger partial charge in [0.15, 0.2) is 0 Å². The van der Waals surface area contributed by atoms with Gasteiger partial charge in [0.2, 0.25) is 0 Å². The lowest BCUT2D eigenvalue weighted by Gasteiger charge is -2.43. The molecule has 2 atom stereocenters. The molecular formula is C14H23N3. The van der Waals surface area contributed by atoms with E-state index < -0.39 is 0 Å². The summed E-state index contributed by atoms with van der Waals surface area (Å²) in [6, 6.07) is 5.33. The second-order valence-corrected chi connectivity index (χ2v) is 5.38. The summed E-state index contributed by atoms with van der Waals surface area (Å²) < 4.78 is 0. The molecule has 2 unspecified atom stereocenters. The molecule has 0 spiro atoms. The fourth-order valence-electron chi connectivity index (χ4n) is 2.58. The van der Waals surface area contributed by atoms with E-state index in [-0.39, 0.29) is 0 Å². The van der Waals surface area contributed by atoms with E-state index >= 15 is 0 Å². The molecule has 0 aromatic carbocycles. The molecule has 3 heteroatoms. The normalized spacial score (nSPS) is 25.4. The minimum absolute atomic E-state index is 0.546. The van der Waals surface area contributed by atoms with Crippen molar-refractivity contribution in [2.45, 2.75) is 39.8 Å². The Hall–Kier alpha value is -1.09. The largest absolute Gasteiger partial charge is 0.364 e. The highest BCUT2D eigenvalue weighted by Crippen LogP contribution is 2.25. The summed E-state index contributed by atoms with van der Waals surface area (Å²) in [5, 5.41) is 3.57. The van der Waals surface area contributed by atoms with E-state index in [0.717, 1.165) is 18.8 Å². The van der Waals surface area contributed by atoms with Crippen molar-refractivity contribution in [2.24, 2.45) is 5.92 Å². The summed E-state index contributed by atoms with van der Waals surface area (Å²) in [5.41, 5.74) is 2.42. The van der Waals surface area contributed by atoms with Gasteiger partial charge in [0.1, 0.15) is 0 Å². The van der Waals surface area contributed by atoms with E-state index in [1.807, 2.05) is 12.3 Å². The topological polar surface area (TPSA) is 28.2 Å². The minimum atomic E-state index is 0.546. The van der Waals surface area contributed by atoms with Gasteiger partial charge in [-0.2, -0.15) is 0 Å². The highest BCUT2D eigenvalue weighted by Gasteiger charge is 2.28. The molecule has 2 heterocycles. The first-order valence-corrected chi connectivity index (χ1v) is 6.51. The highest BCUT2D eigenvalue weighted by molar-refractivity contribution is 5.51. The number of aromatic nitrogens is 1.